The average Bonchev–Trinajstić information content (AvgIpc) is 3.37. The molecule has 2 aromatic rings. The van der Waals surface area contributed by atoms with Gasteiger partial charge < -0.3 is 19.4 Å². The lowest BCUT2D eigenvalue weighted by Gasteiger charge is -2.25. The van der Waals surface area contributed by atoms with Crippen molar-refractivity contribution in [2.24, 2.45) is 0 Å². The fourth-order valence-electron chi connectivity index (χ4n) is 3.33. The summed E-state index contributed by atoms with van der Waals surface area (Å²) >= 11 is 1.43. The van der Waals surface area contributed by atoms with Gasteiger partial charge in [-0.1, -0.05) is 25.1 Å². The number of aryl methyl sites for hydroxylation is 2. The number of rotatable bonds is 6. The molecular formula is C21H24N2O5S. The molecule has 1 aliphatic heterocycles. The maximum Gasteiger partial charge on any atom is 0.330 e. The van der Waals surface area contributed by atoms with Crippen LogP contribution in [0.2, 0.25) is 0 Å². The summed E-state index contributed by atoms with van der Waals surface area (Å²) in [5.74, 6) is -0.286. The summed E-state index contributed by atoms with van der Waals surface area (Å²) in [4.78, 5) is 38.5. The molecule has 2 atom stereocenters. The van der Waals surface area contributed by atoms with Crippen molar-refractivity contribution in [2.45, 2.75) is 38.6 Å². The zero-order chi connectivity index (χ0) is 21.0. The van der Waals surface area contributed by atoms with Crippen LogP contribution < -0.4 is 5.32 Å². The first-order valence-corrected chi connectivity index (χ1v) is 10.5. The molecule has 0 spiro atoms. The van der Waals surface area contributed by atoms with Gasteiger partial charge in [0.1, 0.15) is 17.2 Å². The van der Waals surface area contributed by atoms with E-state index in [-0.39, 0.29) is 11.3 Å². The van der Waals surface area contributed by atoms with Gasteiger partial charge in [-0.25, -0.2) is 4.79 Å². The van der Waals surface area contributed by atoms with E-state index in [1.807, 2.05) is 32.0 Å². The molecule has 1 aromatic carbocycles. The SMILES string of the molecule is CCc1cccc(C)c1NC(=O)COC(=O)[C@@H]1CS[C@@H](c2ccco2)N1C(C)=O. The van der Waals surface area contributed by atoms with Crippen LogP contribution in [-0.4, -0.2) is 41.1 Å². The molecule has 29 heavy (non-hydrogen) atoms. The second-order valence-corrected chi connectivity index (χ2v) is 7.87. The van der Waals surface area contributed by atoms with Crippen molar-refractivity contribution in [1.82, 2.24) is 4.90 Å². The zero-order valence-corrected chi connectivity index (χ0v) is 17.5. The minimum atomic E-state index is -0.759. The molecule has 8 heteroatoms. The second-order valence-electron chi connectivity index (χ2n) is 6.76. The van der Waals surface area contributed by atoms with Gasteiger partial charge in [-0.05, 0) is 36.6 Å². The number of ether oxygens (including phenoxy) is 1. The number of benzene rings is 1. The normalized spacial score (nSPS) is 18.5. The molecule has 2 amide bonds. The molecule has 154 valence electrons. The van der Waals surface area contributed by atoms with Gasteiger partial charge in [0.2, 0.25) is 5.91 Å². The van der Waals surface area contributed by atoms with Crippen LogP contribution in [0.15, 0.2) is 41.0 Å². The second kappa shape index (κ2) is 9.17. The molecule has 1 fully saturated rings. The number of para-hydroxylation sites is 1. The average molecular weight is 416 g/mol. The Morgan fingerprint density at radius 2 is 2.07 bits per heavy atom. The van der Waals surface area contributed by atoms with E-state index in [0.717, 1.165) is 23.2 Å². The number of hydrogen-bond acceptors (Lipinski definition) is 6. The van der Waals surface area contributed by atoms with Crippen molar-refractivity contribution < 1.29 is 23.5 Å². The van der Waals surface area contributed by atoms with Gasteiger partial charge in [-0.15, -0.1) is 11.8 Å². The van der Waals surface area contributed by atoms with E-state index in [0.29, 0.717) is 11.5 Å². The largest absolute Gasteiger partial charge is 0.466 e. The van der Waals surface area contributed by atoms with Gasteiger partial charge in [0.05, 0.1) is 6.26 Å². The summed E-state index contributed by atoms with van der Waals surface area (Å²) < 4.78 is 10.6. The summed E-state index contributed by atoms with van der Waals surface area (Å²) in [5.41, 5.74) is 2.71. The molecule has 2 heterocycles. The minimum absolute atomic E-state index is 0.254. The van der Waals surface area contributed by atoms with E-state index in [9.17, 15) is 14.4 Å². The molecule has 0 bridgehead atoms. The lowest BCUT2D eigenvalue weighted by molar-refractivity contribution is -0.155. The van der Waals surface area contributed by atoms with Crippen LogP contribution in [0.25, 0.3) is 0 Å². The maximum atomic E-state index is 12.6. The number of carbonyl (C=O) groups excluding carboxylic acids is 3. The van der Waals surface area contributed by atoms with Gasteiger partial charge in [-0.2, -0.15) is 0 Å². The molecule has 0 unspecified atom stereocenters. The fourth-order valence-corrected chi connectivity index (χ4v) is 4.75. The van der Waals surface area contributed by atoms with Crippen molar-refractivity contribution in [2.75, 3.05) is 17.7 Å². The Hall–Kier alpha value is -2.74. The lowest BCUT2D eigenvalue weighted by Crippen LogP contribution is -2.43. The highest BCUT2D eigenvalue weighted by molar-refractivity contribution is 7.99. The summed E-state index contributed by atoms with van der Waals surface area (Å²) in [5, 5.41) is 2.44. The van der Waals surface area contributed by atoms with Crippen LogP contribution in [-0.2, 0) is 25.5 Å². The Morgan fingerprint density at radius 3 is 2.72 bits per heavy atom. The summed E-state index contributed by atoms with van der Waals surface area (Å²) in [6.07, 6.45) is 2.30. The zero-order valence-electron chi connectivity index (χ0n) is 16.6. The van der Waals surface area contributed by atoms with Crippen LogP contribution in [0.4, 0.5) is 5.69 Å². The van der Waals surface area contributed by atoms with E-state index < -0.39 is 24.5 Å². The first-order chi connectivity index (χ1) is 13.9. The minimum Gasteiger partial charge on any atom is -0.466 e. The van der Waals surface area contributed by atoms with E-state index in [4.69, 9.17) is 9.15 Å². The highest BCUT2D eigenvalue weighted by Gasteiger charge is 2.43. The molecule has 1 aromatic heterocycles. The van der Waals surface area contributed by atoms with Gasteiger partial charge in [-0.3, -0.25) is 9.59 Å². The lowest BCUT2D eigenvalue weighted by atomic mass is 10.1. The number of furan rings is 1. The maximum absolute atomic E-state index is 12.6. The first-order valence-electron chi connectivity index (χ1n) is 9.41. The molecule has 0 radical (unpaired) electrons. The van der Waals surface area contributed by atoms with Gasteiger partial charge in [0, 0.05) is 18.4 Å². The van der Waals surface area contributed by atoms with Crippen LogP contribution >= 0.6 is 11.8 Å². The summed E-state index contributed by atoms with van der Waals surface area (Å²) in [6.45, 7) is 4.91. The number of nitrogens with one attached hydrogen (secondary N) is 1. The number of nitrogens with zero attached hydrogens (tertiary/aromatic N) is 1. The fraction of sp³-hybridized carbons (Fsp3) is 0.381. The summed E-state index contributed by atoms with van der Waals surface area (Å²) in [6, 6.07) is 8.54. The van der Waals surface area contributed by atoms with Crippen molar-refractivity contribution >= 4 is 35.2 Å². The van der Waals surface area contributed by atoms with Gasteiger partial charge in [0.15, 0.2) is 6.61 Å². The third-order valence-electron chi connectivity index (χ3n) is 4.77. The number of anilines is 1. The third-order valence-corrected chi connectivity index (χ3v) is 6.06. The molecule has 0 aliphatic carbocycles. The van der Waals surface area contributed by atoms with E-state index in [1.54, 1.807) is 12.1 Å². The number of thioether (sulfide) groups is 1. The predicted molar refractivity (Wildman–Crippen MR) is 110 cm³/mol. The molecule has 3 rings (SSSR count). The van der Waals surface area contributed by atoms with Crippen molar-refractivity contribution in [3.05, 3.63) is 53.5 Å². The topological polar surface area (TPSA) is 88.8 Å². The van der Waals surface area contributed by atoms with E-state index >= 15 is 0 Å². The monoisotopic (exact) mass is 416 g/mol. The molecule has 0 saturated carbocycles. The van der Waals surface area contributed by atoms with Gasteiger partial charge >= 0.3 is 5.97 Å². The Kier molecular flexibility index (Phi) is 6.64. The van der Waals surface area contributed by atoms with Crippen molar-refractivity contribution in [3.63, 3.8) is 0 Å². The van der Waals surface area contributed by atoms with Crippen molar-refractivity contribution in [3.8, 4) is 0 Å². The highest BCUT2D eigenvalue weighted by Crippen LogP contribution is 2.41. The van der Waals surface area contributed by atoms with Crippen LogP contribution in [0, 0.1) is 6.92 Å². The number of hydrogen-bond donors (Lipinski definition) is 1. The smallest absolute Gasteiger partial charge is 0.330 e. The number of amides is 2. The molecule has 1 N–H and O–H groups in total. The van der Waals surface area contributed by atoms with Crippen LogP contribution in [0.5, 0.6) is 0 Å². The van der Waals surface area contributed by atoms with Crippen LogP contribution in [0.1, 0.15) is 36.1 Å². The predicted octanol–water partition coefficient (Wildman–Crippen LogP) is 3.29. The standard InChI is InChI=1S/C21H24N2O5S/c1-4-15-8-5-7-13(2)19(15)22-18(25)11-28-21(26)16-12-29-20(23(16)14(3)24)17-9-6-10-27-17/h5-10,16,20H,4,11-12H2,1-3H3,(H,22,25)/t16-,20-/m0/s1. The number of carbonyl (C=O) groups is 3. The highest BCUT2D eigenvalue weighted by atomic mass is 32.2. The molecule has 7 nitrogen and oxygen atoms in total. The Balaban J connectivity index is 1.62. The molecule has 1 saturated heterocycles. The first kappa shape index (κ1) is 21.0. The molecular weight excluding hydrogens is 392 g/mol. The molecule has 1 aliphatic rings. The third kappa shape index (κ3) is 4.64. The number of esters is 1. The van der Waals surface area contributed by atoms with Crippen LogP contribution in [0.3, 0.4) is 0 Å². The van der Waals surface area contributed by atoms with Crippen molar-refractivity contribution in [1.29, 1.82) is 0 Å². The van der Waals surface area contributed by atoms with E-state index in [2.05, 4.69) is 5.32 Å². The quantitative estimate of drug-likeness (QED) is 0.727. The van der Waals surface area contributed by atoms with E-state index in [1.165, 1.54) is 29.8 Å². The van der Waals surface area contributed by atoms with Gasteiger partial charge in [0.25, 0.3) is 5.91 Å². The Bertz CT molecular complexity index is 896. The Labute approximate surface area is 173 Å². The summed E-state index contributed by atoms with van der Waals surface area (Å²) in [7, 11) is 0. The Morgan fingerprint density at radius 1 is 1.28 bits per heavy atom.